The van der Waals surface area contributed by atoms with Crippen LogP contribution in [0.3, 0.4) is 0 Å². The van der Waals surface area contributed by atoms with Gasteiger partial charge in [-0.15, -0.1) is 0 Å². The maximum atomic E-state index is 10.7. The third kappa shape index (κ3) is 1.92. The Bertz CT molecular complexity index is 570. The summed E-state index contributed by atoms with van der Waals surface area (Å²) in [7, 11) is 0. The molecule has 1 saturated carbocycles. The summed E-state index contributed by atoms with van der Waals surface area (Å²) in [6.45, 7) is 2.01. The van der Waals surface area contributed by atoms with Crippen LogP contribution < -0.4 is 0 Å². The summed E-state index contributed by atoms with van der Waals surface area (Å²) < 4.78 is 0. The van der Waals surface area contributed by atoms with Gasteiger partial charge < -0.3 is 5.21 Å². The predicted molar refractivity (Wildman–Crippen MR) is 73.8 cm³/mol. The van der Waals surface area contributed by atoms with Crippen LogP contribution in [0.2, 0.25) is 0 Å². The van der Waals surface area contributed by atoms with E-state index in [1.807, 2.05) is 6.92 Å². The highest BCUT2D eigenvalue weighted by Gasteiger charge is 2.47. The molecule has 1 aliphatic carbocycles. The van der Waals surface area contributed by atoms with Gasteiger partial charge in [0, 0.05) is 17.8 Å². The van der Waals surface area contributed by atoms with Gasteiger partial charge in [-0.3, -0.25) is 15.1 Å². The van der Waals surface area contributed by atoms with Gasteiger partial charge in [-0.05, 0) is 43.9 Å². The maximum absolute atomic E-state index is 10.7. The zero-order chi connectivity index (χ0) is 14.3. The highest BCUT2D eigenvalue weighted by molar-refractivity contribution is 5.95. The van der Waals surface area contributed by atoms with Crippen LogP contribution in [0.25, 0.3) is 0 Å². The van der Waals surface area contributed by atoms with Gasteiger partial charge in [-0.2, -0.15) is 5.06 Å². The predicted octanol–water partition coefficient (Wildman–Crippen LogP) is 3.07. The molecule has 106 valence electrons. The van der Waals surface area contributed by atoms with Crippen molar-refractivity contribution in [3.05, 3.63) is 39.9 Å². The minimum atomic E-state index is -0.450. The summed E-state index contributed by atoms with van der Waals surface area (Å²) in [5, 5.41) is 22.4. The molecule has 0 amide bonds. The number of aliphatic imine (C=N–C) groups is 1. The van der Waals surface area contributed by atoms with Crippen molar-refractivity contribution in [2.75, 3.05) is 0 Å². The molecule has 3 rings (SSSR count). The molecular weight excluding hydrogens is 258 g/mol. The van der Waals surface area contributed by atoms with E-state index in [1.54, 1.807) is 12.1 Å². The number of nitro groups is 1. The maximum Gasteiger partial charge on any atom is 0.269 e. The quantitative estimate of drug-likeness (QED) is 0.664. The Morgan fingerprint density at radius 3 is 2.70 bits per heavy atom. The molecule has 1 fully saturated rings. The van der Waals surface area contributed by atoms with Gasteiger partial charge in [0.25, 0.3) is 5.69 Å². The number of nitrogens with zero attached hydrogens (tertiary/aromatic N) is 3. The van der Waals surface area contributed by atoms with Crippen molar-refractivity contribution in [1.82, 2.24) is 5.06 Å². The second-order valence-electron chi connectivity index (χ2n) is 5.62. The Kier molecular flexibility index (Phi) is 3.07. The van der Waals surface area contributed by atoms with Gasteiger partial charge in [0.05, 0.1) is 10.5 Å². The van der Waals surface area contributed by atoms with Crippen molar-refractivity contribution < 1.29 is 10.1 Å². The molecule has 0 saturated heterocycles. The number of fused-ring (bicyclic) bond motifs is 1. The SMILES string of the molecule is C[C@]12CCCCC1=N[C@H](c1ccc([N+](=O)[O-])cc1)N2O. The van der Waals surface area contributed by atoms with E-state index >= 15 is 0 Å². The van der Waals surface area contributed by atoms with Crippen molar-refractivity contribution in [3.63, 3.8) is 0 Å². The van der Waals surface area contributed by atoms with E-state index in [0.717, 1.165) is 37.0 Å². The monoisotopic (exact) mass is 275 g/mol. The molecule has 20 heavy (non-hydrogen) atoms. The van der Waals surface area contributed by atoms with Gasteiger partial charge in [0.1, 0.15) is 0 Å². The van der Waals surface area contributed by atoms with Crippen LogP contribution in [-0.4, -0.2) is 26.4 Å². The van der Waals surface area contributed by atoms with Crippen LogP contribution in [0.1, 0.15) is 44.3 Å². The Morgan fingerprint density at radius 2 is 2.10 bits per heavy atom. The minimum absolute atomic E-state index is 0.0486. The summed E-state index contributed by atoms with van der Waals surface area (Å²) in [5.41, 5.74) is 1.48. The molecule has 1 aromatic carbocycles. The minimum Gasteiger partial charge on any atom is -0.311 e. The third-order valence-corrected chi connectivity index (χ3v) is 4.37. The van der Waals surface area contributed by atoms with Crippen molar-refractivity contribution in [2.24, 2.45) is 4.99 Å². The highest BCUT2D eigenvalue weighted by atomic mass is 16.6. The standard InChI is InChI=1S/C14H17N3O3/c1-14-9-3-2-4-12(14)15-13(16(14)18)10-5-7-11(8-6-10)17(19)20/h5-8,13,18H,2-4,9H2,1H3/t13-,14-/m0/s1. The normalized spacial score (nSPS) is 29.9. The fourth-order valence-electron chi connectivity index (χ4n) is 3.08. The van der Waals surface area contributed by atoms with Crippen LogP contribution in [0.5, 0.6) is 0 Å². The van der Waals surface area contributed by atoms with Crippen molar-refractivity contribution in [1.29, 1.82) is 0 Å². The van der Waals surface area contributed by atoms with E-state index < -0.39 is 11.1 Å². The van der Waals surface area contributed by atoms with E-state index in [0.29, 0.717) is 0 Å². The summed E-state index contributed by atoms with van der Waals surface area (Å²) in [4.78, 5) is 14.9. The van der Waals surface area contributed by atoms with E-state index in [-0.39, 0.29) is 11.2 Å². The first-order valence-electron chi connectivity index (χ1n) is 6.82. The van der Waals surface area contributed by atoms with Crippen LogP contribution in [0.4, 0.5) is 5.69 Å². The molecule has 1 aromatic rings. The smallest absolute Gasteiger partial charge is 0.269 e. The van der Waals surface area contributed by atoms with Crippen LogP contribution in [0, 0.1) is 10.1 Å². The number of hydrogen-bond acceptors (Lipinski definition) is 5. The fourth-order valence-corrected chi connectivity index (χ4v) is 3.08. The number of nitro benzene ring substituents is 1. The van der Waals surface area contributed by atoms with Crippen LogP contribution in [0.15, 0.2) is 29.3 Å². The second kappa shape index (κ2) is 4.64. The summed E-state index contributed by atoms with van der Waals surface area (Å²) in [5.74, 6) is 0. The first-order valence-corrected chi connectivity index (χ1v) is 6.82. The number of non-ortho nitro benzene ring substituents is 1. The molecule has 0 bridgehead atoms. The zero-order valence-electron chi connectivity index (χ0n) is 11.3. The lowest BCUT2D eigenvalue weighted by atomic mass is 9.82. The molecule has 0 aromatic heterocycles. The van der Waals surface area contributed by atoms with Gasteiger partial charge in [0.2, 0.25) is 0 Å². The third-order valence-electron chi connectivity index (χ3n) is 4.37. The van der Waals surface area contributed by atoms with Crippen molar-refractivity contribution in [3.8, 4) is 0 Å². The summed E-state index contributed by atoms with van der Waals surface area (Å²) >= 11 is 0. The Morgan fingerprint density at radius 1 is 1.40 bits per heavy atom. The van der Waals surface area contributed by atoms with E-state index in [4.69, 9.17) is 0 Å². The van der Waals surface area contributed by atoms with Gasteiger partial charge >= 0.3 is 0 Å². The number of hydroxylamine groups is 2. The largest absolute Gasteiger partial charge is 0.311 e. The Hall–Kier alpha value is -1.79. The fraction of sp³-hybridized carbons (Fsp3) is 0.500. The molecule has 1 aliphatic heterocycles. The van der Waals surface area contributed by atoms with Crippen LogP contribution >= 0.6 is 0 Å². The Labute approximate surface area is 116 Å². The average molecular weight is 275 g/mol. The summed E-state index contributed by atoms with van der Waals surface area (Å²) in [6, 6.07) is 6.23. The summed E-state index contributed by atoms with van der Waals surface area (Å²) in [6.07, 6.45) is 3.55. The first-order chi connectivity index (χ1) is 9.52. The van der Waals surface area contributed by atoms with E-state index in [9.17, 15) is 15.3 Å². The lowest BCUT2D eigenvalue weighted by Crippen LogP contribution is -2.48. The number of hydrogen-bond donors (Lipinski definition) is 1. The molecule has 2 aliphatic rings. The molecule has 1 N–H and O–H groups in total. The molecule has 0 spiro atoms. The molecule has 1 heterocycles. The van der Waals surface area contributed by atoms with Crippen molar-refractivity contribution in [2.45, 2.75) is 44.3 Å². The second-order valence-corrected chi connectivity index (χ2v) is 5.62. The molecule has 6 nitrogen and oxygen atoms in total. The molecule has 0 unspecified atom stereocenters. The van der Waals surface area contributed by atoms with Crippen LogP contribution in [-0.2, 0) is 0 Å². The lowest BCUT2D eigenvalue weighted by molar-refractivity contribution is -0.384. The molecule has 6 heteroatoms. The molecular formula is C14H17N3O3. The Balaban J connectivity index is 1.91. The average Bonchev–Trinajstić information content (AvgIpc) is 2.72. The van der Waals surface area contributed by atoms with E-state index in [1.165, 1.54) is 17.2 Å². The molecule has 2 atom stereocenters. The number of rotatable bonds is 2. The topological polar surface area (TPSA) is 79.0 Å². The van der Waals surface area contributed by atoms with Gasteiger partial charge in [0.15, 0.2) is 6.17 Å². The van der Waals surface area contributed by atoms with Gasteiger partial charge in [-0.1, -0.05) is 6.42 Å². The number of benzene rings is 1. The molecule has 0 radical (unpaired) electrons. The lowest BCUT2D eigenvalue weighted by Gasteiger charge is -2.36. The van der Waals surface area contributed by atoms with E-state index in [2.05, 4.69) is 4.99 Å². The van der Waals surface area contributed by atoms with Crippen molar-refractivity contribution >= 4 is 11.4 Å². The van der Waals surface area contributed by atoms with Gasteiger partial charge in [-0.25, -0.2) is 0 Å². The zero-order valence-corrected chi connectivity index (χ0v) is 11.3. The highest BCUT2D eigenvalue weighted by Crippen LogP contribution is 2.42. The first kappa shape index (κ1) is 13.2.